The molecule has 2 rings (SSSR count). The van der Waals surface area contributed by atoms with Gasteiger partial charge in [0.1, 0.15) is 12.6 Å². The van der Waals surface area contributed by atoms with Crippen LogP contribution < -0.4 is 11.1 Å². The highest BCUT2D eigenvalue weighted by atomic mass is 16.6. The summed E-state index contributed by atoms with van der Waals surface area (Å²) < 4.78 is 15.2. The van der Waals surface area contributed by atoms with Crippen molar-refractivity contribution >= 4 is 18.0 Å². The highest BCUT2D eigenvalue weighted by Crippen LogP contribution is 2.06. The molecule has 0 aliphatic heterocycles. The third-order valence-corrected chi connectivity index (χ3v) is 3.89. The van der Waals surface area contributed by atoms with E-state index >= 15 is 0 Å². The van der Waals surface area contributed by atoms with Crippen molar-refractivity contribution in [2.75, 3.05) is 0 Å². The number of ether oxygens (including phenoxy) is 3. The Morgan fingerprint density at radius 1 is 0.900 bits per heavy atom. The number of nitrogens with two attached hydrogens (primary N) is 1. The molecule has 0 radical (unpaired) electrons. The van der Waals surface area contributed by atoms with Crippen LogP contribution in [0.4, 0.5) is 4.79 Å². The average Bonchev–Trinajstić information content (AvgIpc) is 2.73. The first kappa shape index (κ1) is 23.1. The zero-order chi connectivity index (χ0) is 21.9. The summed E-state index contributed by atoms with van der Waals surface area (Å²) in [5.74, 6) is -1.99. The molecule has 0 bridgehead atoms. The van der Waals surface area contributed by atoms with E-state index in [-0.39, 0.29) is 13.0 Å². The second kappa shape index (κ2) is 11.7. The van der Waals surface area contributed by atoms with E-state index in [0.717, 1.165) is 11.1 Å². The van der Waals surface area contributed by atoms with Gasteiger partial charge >= 0.3 is 18.0 Å². The van der Waals surface area contributed by atoms with Gasteiger partial charge in [0.2, 0.25) is 6.23 Å². The fraction of sp³-hybridized carbons (Fsp3) is 0.318. The maximum Gasteiger partial charge on any atom is 0.409 e. The molecule has 2 aromatic rings. The van der Waals surface area contributed by atoms with Gasteiger partial charge in [-0.05, 0) is 31.4 Å². The molecule has 0 heterocycles. The normalized spacial score (nSPS) is 12.7. The molecule has 8 heteroatoms. The van der Waals surface area contributed by atoms with Crippen LogP contribution >= 0.6 is 0 Å². The summed E-state index contributed by atoms with van der Waals surface area (Å²) in [5, 5.41) is 2.26. The SMILES string of the molecule is CC(C)OC(NC(=O)OCc1ccccc1)C(=O)OC(=O)[C@@H](N)Cc1ccccc1. The van der Waals surface area contributed by atoms with Gasteiger partial charge in [-0.1, -0.05) is 60.7 Å². The minimum absolute atomic E-state index is 0.0109. The topological polar surface area (TPSA) is 117 Å². The molecular weight excluding hydrogens is 388 g/mol. The van der Waals surface area contributed by atoms with E-state index in [2.05, 4.69) is 5.32 Å². The third kappa shape index (κ3) is 8.02. The van der Waals surface area contributed by atoms with Crippen LogP contribution in [-0.2, 0) is 36.8 Å². The highest BCUT2D eigenvalue weighted by Gasteiger charge is 2.29. The number of benzene rings is 2. The monoisotopic (exact) mass is 414 g/mol. The molecule has 2 atom stereocenters. The van der Waals surface area contributed by atoms with Gasteiger partial charge < -0.3 is 19.9 Å². The van der Waals surface area contributed by atoms with Gasteiger partial charge in [0.15, 0.2) is 0 Å². The molecule has 1 unspecified atom stereocenters. The Kier molecular flexibility index (Phi) is 8.99. The molecule has 0 spiro atoms. The second-order valence-electron chi connectivity index (χ2n) is 6.81. The molecule has 30 heavy (non-hydrogen) atoms. The number of alkyl carbamates (subject to hydrolysis) is 1. The van der Waals surface area contributed by atoms with Crippen LogP contribution in [0, 0.1) is 0 Å². The van der Waals surface area contributed by atoms with Crippen molar-refractivity contribution in [2.45, 2.75) is 45.2 Å². The van der Waals surface area contributed by atoms with Gasteiger partial charge in [-0.15, -0.1) is 0 Å². The van der Waals surface area contributed by atoms with Crippen molar-refractivity contribution in [1.82, 2.24) is 5.32 Å². The highest BCUT2D eigenvalue weighted by molar-refractivity contribution is 5.91. The Labute approximate surface area is 175 Å². The summed E-state index contributed by atoms with van der Waals surface area (Å²) >= 11 is 0. The quantitative estimate of drug-likeness (QED) is 0.367. The number of esters is 2. The van der Waals surface area contributed by atoms with Crippen LogP contribution in [0.1, 0.15) is 25.0 Å². The van der Waals surface area contributed by atoms with Crippen molar-refractivity contribution in [2.24, 2.45) is 5.73 Å². The fourth-order valence-corrected chi connectivity index (χ4v) is 2.47. The average molecular weight is 414 g/mol. The molecule has 0 aliphatic carbocycles. The minimum Gasteiger partial charge on any atom is -0.445 e. The summed E-state index contributed by atoms with van der Waals surface area (Å²) in [6, 6.07) is 17.1. The molecule has 8 nitrogen and oxygen atoms in total. The maximum atomic E-state index is 12.4. The summed E-state index contributed by atoms with van der Waals surface area (Å²) in [6.07, 6.45) is -2.62. The lowest BCUT2D eigenvalue weighted by atomic mass is 10.1. The second-order valence-corrected chi connectivity index (χ2v) is 6.81. The molecule has 1 amide bonds. The van der Waals surface area contributed by atoms with Crippen LogP contribution in [0.3, 0.4) is 0 Å². The number of amides is 1. The Bertz CT molecular complexity index is 826. The van der Waals surface area contributed by atoms with Gasteiger partial charge in [-0.2, -0.15) is 0 Å². The first-order valence-corrected chi connectivity index (χ1v) is 9.53. The zero-order valence-electron chi connectivity index (χ0n) is 16.9. The predicted octanol–water partition coefficient (Wildman–Crippen LogP) is 2.30. The molecule has 0 fully saturated rings. The number of hydrogen-bond donors (Lipinski definition) is 2. The van der Waals surface area contributed by atoms with Crippen molar-refractivity contribution in [3.8, 4) is 0 Å². The van der Waals surface area contributed by atoms with Crippen LogP contribution in [0.15, 0.2) is 60.7 Å². The molecule has 0 aliphatic rings. The van der Waals surface area contributed by atoms with Crippen molar-refractivity contribution in [1.29, 1.82) is 0 Å². The summed E-state index contributed by atoms with van der Waals surface area (Å²) in [6.45, 7) is 3.34. The number of nitrogens with one attached hydrogen (secondary N) is 1. The number of carbonyl (C=O) groups is 3. The van der Waals surface area contributed by atoms with Gasteiger partial charge in [-0.25, -0.2) is 14.4 Å². The third-order valence-electron chi connectivity index (χ3n) is 3.89. The zero-order valence-corrected chi connectivity index (χ0v) is 16.9. The number of carbonyl (C=O) groups excluding carboxylic acids is 3. The Morgan fingerprint density at radius 3 is 2.03 bits per heavy atom. The number of hydrogen-bond acceptors (Lipinski definition) is 7. The lowest BCUT2D eigenvalue weighted by molar-refractivity contribution is -0.172. The standard InChI is InChI=1S/C22H26N2O6/c1-15(2)29-19(24-22(27)28-14-17-11-7-4-8-12-17)21(26)30-20(25)18(23)13-16-9-5-3-6-10-16/h3-12,15,18-19H,13-14,23H2,1-2H3,(H,24,27)/t18-,19?/m0/s1. The molecule has 3 N–H and O–H groups in total. The van der Waals surface area contributed by atoms with E-state index in [9.17, 15) is 14.4 Å². The van der Waals surface area contributed by atoms with Gasteiger partial charge in [0.05, 0.1) is 6.10 Å². The molecule has 160 valence electrons. The summed E-state index contributed by atoms with van der Waals surface area (Å²) in [7, 11) is 0. The number of rotatable bonds is 9. The van der Waals surface area contributed by atoms with E-state index in [1.54, 1.807) is 26.0 Å². The maximum absolute atomic E-state index is 12.4. The van der Waals surface area contributed by atoms with Crippen LogP contribution in [0.2, 0.25) is 0 Å². The first-order chi connectivity index (χ1) is 14.3. The molecule has 0 saturated carbocycles. The van der Waals surface area contributed by atoms with Gasteiger partial charge in [0.25, 0.3) is 0 Å². The lowest BCUT2D eigenvalue weighted by Gasteiger charge is -2.20. The Morgan fingerprint density at radius 2 is 1.47 bits per heavy atom. The minimum atomic E-state index is -1.51. The molecule has 2 aromatic carbocycles. The van der Waals surface area contributed by atoms with Crippen LogP contribution in [-0.4, -0.2) is 36.4 Å². The van der Waals surface area contributed by atoms with Crippen LogP contribution in [0.5, 0.6) is 0 Å². The van der Waals surface area contributed by atoms with Crippen molar-refractivity contribution < 1.29 is 28.6 Å². The van der Waals surface area contributed by atoms with Crippen molar-refractivity contribution in [3.05, 3.63) is 71.8 Å². The first-order valence-electron chi connectivity index (χ1n) is 9.53. The van der Waals surface area contributed by atoms with Gasteiger partial charge in [0, 0.05) is 0 Å². The van der Waals surface area contributed by atoms with Crippen molar-refractivity contribution in [3.63, 3.8) is 0 Å². The van der Waals surface area contributed by atoms with E-state index in [1.807, 2.05) is 48.5 Å². The Balaban J connectivity index is 1.90. The summed E-state index contributed by atoms with van der Waals surface area (Å²) in [5.41, 5.74) is 7.44. The van der Waals surface area contributed by atoms with E-state index in [4.69, 9.17) is 19.9 Å². The van der Waals surface area contributed by atoms with E-state index < -0.39 is 36.4 Å². The fourth-order valence-electron chi connectivity index (χ4n) is 2.47. The summed E-state index contributed by atoms with van der Waals surface area (Å²) in [4.78, 5) is 36.6. The molecular formula is C22H26N2O6. The Hall–Kier alpha value is -3.23. The van der Waals surface area contributed by atoms with Crippen LogP contribution in [0.25, 0.3) is 0 Å². The smallest absolute Gasteiger partial charge is 0.409 e. The van der Waals surface area contributed by atoms with Gasteiger partial charge in [-0.3, -0.25) is 5.32 Å². The predicted molar refractivity (Wildman–Crippen MR) is 109 cm³/mol. The largest absolute Gasteiger partial charge is 0.445 e. The molecule has 0 saturated heterocycles. The van der Waals surface area contributed by atoms with E-state index in [1.165, 1.54) is 0 Å². The lowest BCUT2D eigenvalue weighted by Crippen LogP contribution is -2.47. The van der Waals surface area contributed by atoms with E-state index in [0.29, 0.717) is 0 Å². The molecule has 0 aromatic heterocycles.